The van der Waals surface area contributed by atoms with Crippen LogP contribution in [0.2, 0.25) is 0 Å². The van der Waals surface area contributed by atoms with E-state index in [1.807, 2.05) is 82.5 Å². The number of likely N-dealkylation sites (tertiary alicyclic amines) is 1. The zero-order chi connectivity index (χ0) is 21.5. The Morgan fingerprint density at radius 3 is 2.42 bits per heavy atom. The summed E-state index contributed by atoms with van der Waals surface area (Å²) in [6, 6.07) is 19.5. The maximum Gasteiger partial charge on any atom is 0.246 e. The van der Waals surface area contributed by atoms with Crippen molar-refractivity contribution in [1.29, 1.82) is 0 Å². The molecule has 1 fully saturated rings. The molecule has 0 unspecified atom stereocenters. The van der Waals surface area contributed by atoms with Crippen LogP contribution < -0.4 is 5.32 Å². The molecule has 1 aliphatic heterocycles. The first kappa shape index (κ1) is 20.6. The van der Waals surface area contributed by atoms with E-state index in [0.29, 0.717) is 32.5 Å². The highest BCUT2D eigenvalue weighted by molar-refractivity contribution is 5.94. The van der Waals surface area contributed by atoms with Gasteiger partial charge in [0.2, 0.25) is 11.8 Å². The van der Waals surface area contributed by atoms with E-state index in [1.165, 1.54) is 0 Å². The fourth-order valence-corrected chi connectivity index (χ4v) is 3.72. The van der Waals surface area contributed by atoms with Crippen LogP contribution in [-0.4, -0.2) is 39.6 Å². The Morgan fingerprint density at radius 1 is 1.00 bits per heavy atom. The summed E-state index contributed by atoms with van der Waals surface area (Å²) in [5.41, 5.74) is 2.91. The van der Waals surface area contributed by atoms with Crippen molar-refractivity contribution in [3.8, 4) is 0 Å². The van der Waals surface area contributed by atoms with Crippen molar-refractivity contribution in [2.24, 2.45) is 5.92 Å². The molecule has 0 radical (unpaired) electrons. The van der Waals surface area contributed by atoms with Gasteiger partial charge < -0.3 is 10.2 Å². The van der Waals surface area contributed by atoms with Gasteiger partial charge in [0.25, 0.3) is 0 Å². The van der Waals surface area contributed by atoms with Gasteiger partial charge in [-0.2, -0.15) is 5.10 Å². The lowest BCUT2D eigenvalue weighted by molar-refractivity contribution is -0.130. The topological polar surface area (TPSA) is 67.2 Å². The Kier molecular flexibility index (Phi) is 6.57. The van der Waals surface area contributed by atoms with Crippen molar-refractivity contribution in [3.05, 3.63) is 90.3 Å². The van der Waals surface area contributed by atoms with E-state index in [2.05, 4.69) is 10.4 Å². The van der Waals surface area contributed by atoms with Gasteiger partial charge in [-0.05, 0) is 48.2 Å². The third-order valence-corrected chi connectivity index (χ3v) is 5.52. The molecule has 2 amide bonds. The van der Waals surface area contributed by atoms with Gasteiger partial charge in [-0.15, -0.1) is 0 Å². The third kappa shape index (κ3) is 5.69. The zero-order valence-electron chi connectivity index (χ0n) is 17.4. The van der Waals surface area contributed by atoms with Gasteiger partial charge in [-0.25, -0.2) is 0 Å². The minimum atomic E-state index is -0.0779. The van der Waals surface area contributed by atoms with E-state index in [9.17, 15) is 9.59 Å². The second-order valence-corrected chi connectivity index (χ2v) is 7.73. The largest absolute Gasteiger partial charge is 0.339 e. The number of nitrogens with one attached hydrogen (secondary N) is 1. The molecule has 1 saturated heterocycles. The fourth-order valence-electron chi connectivity index (χ4n) is 3.72. The van der Waals surface area contributed by atoms with Crippen molar-refractivity contribution >= 4 is 23.6 Å². The number of rotatable bonds is 6. The molecule has 0 aliphatic carbocycles. The number of aromatic nitrogens is 2. The quantitative estimate of drug-likeness (QED) is 0.624. The van der Waals surface area contributed by atoms with Crippen LogP contribution in [0, 0.1) is 5.92 Å². The molecule has 0 saturated carbocycles. The lowest BCUT2D eigenvalue weighted by Gasteiger charge is -2.30. The summed E-state index contributed by atoms with van der Waals surface area (Å²) in [5, 5.41) is 7.21. The molecular weight excluding hydrogens is 388 g/mol. The monoisotopic (exact) mass is 414 g/mol. The average Bonchev–Trinajstić information content (AvgIpc) is 3.32. The summed E-state index contributed by atoms with van der Waals surface area (Å²) in [7, 11) is 0. The molecule has 2 aromatic carbocycles. The van der Waals surface area contributed by atoms with Crippen LogP contribution in [0.4, 0.5) is 5.69 Å². The van der Waals surface area contributed by atoms with Gasteiger partial charge >= 0.3 is 0 Å². The molecule has 1 aromatic heterocycles. The standard InChI is InChI=1S/C25H26N4O2/c30-24(12-9-20-5-2-1-3-6-20)28-17-13-22(14-18-28)25(31)27-23-10-7-21(8-11-23)19-29-16-4-15-26-29/h1-12,15-16,22H,13-14,17-19H2,(H,27,31). The first-order valence-electron chi connectivity index (χ1n) is 10.6. The van der Waals surface area contributed by atoms with Gasteiger partial charge in [0.15, 0.2) is 0 Å². The molecule has 6 heteroatoms. The summed E-state index contributed by atoms with van der Waals surface area (Å²) in [5.74, 6) is -0.0619. The smallest absolute Gasteiger partial charge is 0.246 e. The van der Waals surface area contributed by atoms with Crippen molar-refractivity contribution in [1.82, 2.24) is 14.7 Å². The number of hydrogen-bond acceptors (Lipinski definition) is 3. The summed E-state index contributed by atoms with van der Waals surface area (Å²) < 4.78 is 1.86. The number of hydrogen-bond donors (Lipinski definition) is 1. The van der Waals surface area contributed by atoms with Gasteiger partial charge in [-0.3, -0.25) is 14.3 Å². The normalized spacial score (nSPS) is 14.6. The predicted octanol–water partition coefficient (Wildman–Crippen LogP) is 3.82. The van der Waals surface area contributed by atoms with E-state index < -0.39 is 0 Å². The summed E-state index contributed by atoms with van der Waals surface area (Å²) in [6.45, 7) is 1.89. The minimum Gasteiger partial charge on any atom is -0.339 e. The van der Waals surface area contributed by atoms with Crippen molar-refractivity contribution in [2.45, 2.75) is 19.4 Å². The number of nitrogens with zero attached hydrogens (tertiary/aromatic N) is 3. The third-order valence-electron chi connectivity index (χ3n) is 5.52. The van der Waals surface area contributed by atoms with Crippen LogP contribution >= 0.6 is 0 Å². The predicted molar refractivity (Wildman–Crippen MR) is 121 cm³/mol. The Balaban J connectivity index is 1.24. The summed E-state index contributed by atoms with van der Waals surface area (Å²) >= 11 is 0. The number of piperidine rings is 1. The summed E-state index contributed by atoms with van der Waals surface area (Å²) in [4.78, 5) is 26.9. The maximum absolute atomic E-state index is 12.7. The highest BCUT2D eigenvalue weighted by atomic mass is 16.2. The highest BCUT2D eigenvalue weighted by Gasteiger charge is 2.26. The molecule has 6 nitrogen and oxygen atoms in total. The lowest BCUT2D eigenvalue weighted by Crippen LogP contribution is -2.40. The Morgan fingerprint density at radius 2 is 1.74 bits per heavy atom. The minimum absolute atomic E-state index is 0.00418. The number of amides is 2. The number of benzene rings is 2. The van der Waals surface area contributed by atoms with Crippen LogP contribution in [0.1, 0.15) is 24.0 Å². The van der Waals surface area contributed by atoms with Gasteiger partial charge in [0.05, 0.1) is 6.54 Å². The van der Waals surface area contributed by atoms with Crippen LogP contribution in [0.5, 0.6) is 0 Å². The molecule has 2 heterocycles. The SMILES string of the molecule is O=C(Nc1ccc(Cn2cccn2)cc1)C1CCN(C(=O)C=Cc2ccccc2)CC1. The number of anilines is 1. The van der Waals surface area contributed by atoms with Crippen molar-refractivity contribution < 1.29 is 9.59 Å². The molecule has 1 N–H and O–H groups in total. The van der Waals surface area contributed by atoms with E-state index in [1.54, 1.807) is 12.3 Å². The van der Waals surface area contributed by atoms with Crippen molar-refractivity contribution in [2.75, 3.05) is 18.4 Å². The average molecular weight is 415 g/mol. The van der Waals surface area contributed by atoms with E-state index >= 15 is 0 Å². The second kappa shape index (κ2) is 9.89. The van der Waals surface area contributed by atoms with Gasteiger partial charge in [0.1, 0.15) is 0 Å². The number of carbonyl (C=O) groups is 2. The molecule has 0 atom stereocenters. The summed E-state index contributed by atoms with van der Waals surface area (Å²) in [6.07, 6.45) is 8.47. The van der Waals surface area contributed by atoms with Gasteiger partial charge in [-0.1, -0.05) is 42.5 Å². The maximum atomic E-state index is 12.7. The first-order chi connectivity index (χ1) is 15.2. The molecule has 3 aromatic rings. The van der Waals surface area contributed by atoms with Crippen LogP contribution in [0.15, 0.2) is 79.1 Å². The Labute approximate surface area is 182 Å². The molecule has 31 heavy (non-hydrogen) atoms. The van der Waals surface area contributed by atoms with Gasteiger partial charge in [0, 0.05) is 43.2 Å². The molecule has 0 bridgehead atoms. The number of carbonyl (C=O) groups excluding carboxylic acids is 2. The highest BCUT2D eigenvalue weighted by Crippen LogP contribution is 2.20. The fraction of sp³-hybridized carbons (Fsp3) is 0.240. The molecule has 158 valence electrons. The second-order valence-electron chi connectivity index (χ2n) is 7.73. The molecule has 4 rings (SSSR count). The van der Waals surface area contributed by atoms with Crippen LogP contribution in [0.3, 0.4) is 0 Å². The van der Waals surface area contributed by atoms with Crippen molar-refractivity contribution in [3.63, 3.8) is 0 Å². The zero-order valence-corrected chi connectivity index (χ0v) is 17.4. The van der Waals surface area contributed by atoms with E-state index in [4.69, 9.17) is 0 Å². The van der Waals surface area contributed by atoms with Crippen LogP contribution in [0.25, 0.3) is 6.08 Å². The Hall–Kier alpha value is -3.67. The van der Waals surface area contributed by atoms with E-state index in [-0.39, 0.29) is 17.7 Å². The first-order valence-corrected chi connectivity index (χ1v) is 10.6. The molecular formula is C25H26N4O2. The van der Waals surface area contributed by atoms with E-state index in [0.717, 1.165) is 16.8 Å². The lowest BCUT2D eigenvalue weighted by atomic mass is 9.95. The van der Waals surface area contributed by atoms with Crippen LogP contribution in [-0.2, 0) is 16.1 Å². The Bertz CT molecular complexity index is 1020. The molecule has 0 spiro atoms. The molecule has 1 aliphatic rings.